The van der Waals surface area contributed by atoms with Crippen LogP contribution in [0.25, 0.3) is 0 Å². The molecule has 1 unspecified atom stereocenters. The summed E-state index contributed by atoms with van der Waals surface area (Å²) in [4.78, 5) is 5.08. The molecule has 0 aromatic carbocycles. The Labute approximate surface area is 132 Å². The van der Waals surface area contributed by atoms with E-state index in [2.05, 4.69) is 49.8 Å². The van der Waals surface area contributed by atoms with Crippen molar-refractivity contribution >= 4 is 0 Å². The van der Waals surface area contributed by atoms with Crippen LogP contribution in [0.4, 0.5) is 0 Å². The molecule has 0 bridgehead atoms. The molecule has 122 valence electrons. The Morgan fingerprint density at radius 1 is 1.24 bits per heavy atom. The van der Waals surface area contributed by atoms with Crippen LogP contribution in [0, 0.1) is 5.92 Å². The van der Waals surface area contributed by atoms with Gasteiger partial charge in [0.15, 0.2) is 0 Å². The Hall–Kier alpha value is -0.600. The van der Waals surface area contributed by atoms with Gasteiger partial charge in [-0.05, 0) is 52.2 Å². The summed E-state index contributed by atoms with van der Waals surface area (Å²) in [5.74, 6) is 0.745. The molecule has 1 fully saturated rings. The summed E-state index contributed by atoms with van der Waals surface area (Å²) in [6.45, 7) is 15.9. The van der Waals surface area contributed by atoms with Crippen LogP contribution in [0.15, 0.2) is 23.3 Å². The molecule has 1 aliphatic heterocycles. The third kappa shape index (κ3) is 5.60. The third-order valence-electron chi connectivity index (χ3n) is 4.95. The van der Waals surface area contributed by atoms with Gasteiger partial charge in [-0.1, -0.05) is 51.0 Å². The summed E-state index contributed by atoms with van der Waals surface area (Å²) in [5, 5.41) is 0. The van der Waals surface area contributed by atoms with E-state index in [-0.39, 0.29) is 0 Å². The van der Waals surface area contributed by atoms with Crippen LogP contribution in [0.2, 0.25) is 0 Å². The van der Waals surface area contributed by atoms with Gasteiger partial charge in [-0.3, -0.25) is 0 Å². The van der Waals surface area contributed by atoms with Crippen molar-refractivity contribution in [2.45, 2.75) is 59.9 Å². The SMILES string of the molecule is CC.CCN1CC(N(C)CCC(C)C2=CC=C(C)CC2)C1. The van der Waals surface area contributed by atoms with E-state index in [1.165, 1.54) is 51.0 Å². The topological polar surface area (TPSA) is 6.48 Å². The van der Waals surface area contributed by atoms with Crippen molar-refractivity contribution < 1.29 is 0 Å². The Morgan fingerprint density at radius 3 is 2.43 bits per heavy atom. The minimum atomic E-state index is 0.745. The van der Waals surface area contributed by atoms with E-state index >= 15 is 0 Å². The Bertz CT molecular complexity index is 351. The second-order valence-electron chi connectivity index (χ2n) is 6.43. The van der Waals surface area contributed by atoms with Crippen LogP contribution in [-0.2, 0) is 0 Å². The molecule has 1 saturated heterocycles. The van der Waals surface area contributed by atoms with Gasteiger partial charge in [-0.25, -0.2) is 0 Å². The number of allylic oxidation sites excluding steroid dienone is 4. The number of hydrogen-bond donors (Lipinski definition) is 0. The van der Waals surface area contributed by atoms with Crippen molar-refractivity contribution in [2.75, 3.05) is 33.2 Å². The summed E-state index contributed by atoms with van der Waals surface area (Å²) in [5.41, 5.74) is 3.19. The Kier molecular flexibility index (Phi) is 8.28. The second kappa shape index (κ2) is 9.42. The fourth-order valence-corrected chi connectivity index (χ4v) is 3.01. The first kappa shape index (κ1) is 18.4. The van der Waals surface area contributed by atoms with Crippen molar-refractivity contribution in [3.8, 4) is 0 Å². The molecule has 2 rings (SSSR count). The van der Waals surface area contributed by atoms with Gasteiger partial charge in [0.05, 0.1) is 0 Å². The van der Waals surface area contributed by atoms with E-state index in [9.17, 15) is 0 Å². The van der Waals surface area contributed by atoms with E-state index in [4.69, 9.17) is 0 Å². The predicted octanol–water partition coefficient (Wildman–Crippen LogP) is 4.34. The van der Waals surface area contributed by atoms with E-state index < -0.39 is 0 Å². The monoisotopic (exact) mass is 292 g/mol. The molecule has 0 saturated carbocycles. The molecular weight excluding hydrogens is 256 g/mol. The molecule has 0 aromatic heterocycles. The lowest BCUT2D eigenvalue weighted by atomic mass is 9.88. The van der Waals surface area contributed by atoms with Crippen LogP contribution < -0.4 is 0 Å². The number of rotatable bonds is 6. The lowest BCUT2D eigenvalue weighted by Gasteiger charge is -2.44. The zero-order valence-corrected chi connectivity index (χ0v) is 15.2. The number of hydrogen-bond acceptors (Lipinski definition) is 2. The lowest BCUT2D eigenvalue weighted by molar-refractivity contribution is 0.0517. The van der Waals surface area contributed by atoms with Crippen molar-refractivity contribution in [2.24, 2.45) is 5.92 Å². The predicted molar refractivity (Wildman–Crippen MR) is 94.7 cm³/mol. The molecule has 2 nitrogen and oxygen atoms in total. The van der Waals surface area contributed by atoms with E-state index in [1.54, 1.807) is 5.57 Å². The maximum atomic E-state index is 2.56. The fourth-order valence-electron chi connectivity index (χ4n) is 3.01. The number of likely N-dealkylation sites (tertiary alicyclic amines) is 1. The highest BCUT2D eigenvalue weighted by atomic mass is 15.3. The zero-order chi connectivity index (χ0) is 15.8. The van der Waals surface area contributed by atoms with E-state index in [1.807, 2.05) is 13.8 Å². The Morgan fingerprint density at radius 2 is 1.90 bits per heavy atom. The summed E-state index contributed by atoms with van der Waals surface area (Å²) in [7, 11) is 2.30. The average Bonchev–Trinajstić information content (AvgIpc) is 2.46. The molecule has 0 amide bonds. The van der Waals surface area contributed by atoms with Crippen LogP contribution in [0.5, 0.6) is 0 Å². The van der Waals surface area contributed by atoms with Crippen LogP contribution in [0.1, 0.15) is 53.9 Å². The highest BCUT2D eigenvalue weighted by Gasteiger charge is 2.28. The summed E-state index contributed by atoms with van der Waals surface area (Å²) in [6.07, 6.45) is 8.52. The summed E-state index contributed by atoms with van der Waals surface area (Å²) in [6, 6.07) is 0.801. The van der Waals surface area contributed by atoms with Crippen molar-refractivity contribution in [3.63, 3.8) is 0 Å². The van der Waals surface area contributed by atoms with Gasteiger partial charge in [0, 0.05) is 19.1 Å². The molecule has 0 spiro atoms. The smallest absolute Gasteiger partial charge is 0.0347 e. The molecule has 1 atom stereocenters. The first-order valence-electron chi connectivity index (χ1n) is 8.89. The first-order valence-corrected chi connectivity index (χ1v) is 8.89. The molecule has 0 N–H and O–H groups in total. The fraction of sp³-hybridized carbons (Fsp3) is 0.789. The molecule has 0 radical (unpaired) electrons. The van der Waals surface area contributed by atoms with Gasteiger partial charge in [0.25, 0.3) is 0 Å². The molecular formula is C19H36N2. The first-order chi connectivity index (χ1) is 10.1. The Balaban J connectivity index is 0.00000106. The van der Waals surface area contributed by atoms with Gasteiger partial charge in [-0.15, -0.1) is 0 Å². The average molecular weight is 293 g/mol. The van der Waals surface area contributed by atoms with Crippen molar-refractivity contribution in [1.82, 2.24) is 9.80 Å². The van der Waals surface area contributed by atoms with Crippen molar-refractivity contribution in [3.05, 3.63) is 23.3 Å². The summed E-state index contributed by atoms with van der Waals surface area (Å²) >= 11 is 0. The summed E-state index contributed by atoms with van der Waals surface area (Å²) < 4.78 is 0. The third-order valence-corrected chi connectivity index (χ3v) is 4.95. The van der Waals surface area contributed by atoms with Crippen LogP contribution in [0.3, 0.4) is 0 Å². The number of nitrogens with zero attached hydrogens (tertiary/aromatic N) is 2. The molecule has 21 heavy (non-hydrogen) atoms. The largest absolute Gasteiger partial charge is 0.301 e. The standard InChI is InChI=1S/C17H30N2.C2H6/c1-5-19-12-17(13-19)18(4)11-10-15(3)16-8-6-14(2)7-9-16;1-2/h6,8,15,17H,5,7,9-13H2,1-4H3;1-2H3. The van der Waals surface area contributed by atoms with Gasteiger partial charge >= 0.3 is 0 Å². The lowest BCUT2D eigenvalue weighted by Crippen LogP contribution is -2.58. The van der Waals surface area contributed by atoms with E-state index in [0.29, 0.717) is 0 Å². The van der Waals surface area contributed by atoms with Crippen molar-refractivity contribution in [1.29, 1.82) is 0 Å². The minimum absolute atomic E-state index is 0.745. The molecule has 0 aromatic rings. The molecule has 2 aliphatic rings. The molecule has 2 heteroatoms. The van der Waals surface area contributed by atoms with Gasteiger partial charge in [0.2, 0.25) is 0 Å². The number of likely N-dealkylation sites (N-methyl/N-ethyl adjacent to an activating group) is 2. The normalized spacial score (nSPS) is 21.1. The van der Waals surface area contributed by atoms with Gasteiger partial charge in [0.1, 0.15) is 0 Å². The van der Waals surface area contributed by atoms with Gasteiger partial charge < -0.3 is 9.80 Å². The minimum Gasteiger partial charge on any atom is -0.301 e. The maximum Gasteiger partial charge on any atom is 0.0347 e. The van der Waals surface area contributed by atoms with Gasteiger partial charge in [-0.2, -0.15) is 0 Å². The highest BCUT2D eigenvalue weighted by molar-refractivity contribution is 5.24. The molecule has 1 heterocycles. The molecule has 1 aliphatic carbocycles. The quantitative estimate of drug-likeness (QED) is 0.718. The van der Waals surface area contributed by atoms with E-state index in [0.717, 1.165) is 12.0 Å². The zero-order valence-electron chi connectivity index (χ0n) is 15.2. The van der Waals surface area contributed by atoms with Crippen LogP contribution in [-0.4, -0.2) is 49.1 Å². The second-order valence-corrected chi connectivity index (χ2v) is 6.43. The maximum absolute atomic E-state index is 2.56. The highest BCUT2D eigenvalue weighted by Crippen LogP contribution is 2.26. The van der Waals surface area contributed by atoms with Crippen LogP contribution >= 0.6 is 0 Å².